The van der Waals surface area contributed by atoms with Crippen LogP contribution in [0.1, 0.15) is 34.5 Å². The fourth-order valence-corrected chi connectivity index (χ4v) is 3.52. The van der Waals surface area contributed by atoms with E-state index in [0.29, 0.717) is 38.3 Å². The van der Waals surface area contributed by atoms with Crippen molar-refractivity contribution >= 4 is 29.1 Å². The Morgan fingerprint density at radius 1 is 1.06 bits per heavy atom. The summed E-state index contributed by atoms with van der Waals surface area (Å²) in [5, 5.41) is 7.72. The minimum absolute atomic E-state index is 0.195. The fourth-order valence-electron chi connectivity index (χ4n) is 3.22. The van der Waals surface area contributed by atoms with Gasteiger partial charge in [0.25, 0.3) is 5.91 Å². The van der Waals surface area contributed by atoms with E-state index in [1.807, 2.05) is 19.1 Å². The summed E-state index contributed by atoms with van der Waals surface area (Å²) in [5.74, 6) is 0.0896. The lowest BCUT2D eigenvalue weighted by Gasteiger charge is -2.17. The van der Waals surface area contributed by atoms with E-state index in [4.69, 9.17) is 27.9 Å². The minimum Gasteiger partial charge on any atom is -0.489 e. The van der Waals surface area contributed by atoms with Crippen molar-refractivity contribution in [3.8, 4) is 17.1 Å². The van der Waals surface area contributed by atoms with Crippen LogP contribution in [0.25, 0.3) is 11.4 Å². The SMILES string of the molecule is C[C@H](NC(=O)c1cc(Cl)ccc1COc1ccc(Cl)cc1)c1ccc(-c2noc(=O)[nH]2)cc1. The molecule has 0 saturated carbocycles. The first-order chi connectivity index (χ1) is 15.9. The van der Waals surface area contributed by atoms with Crippen molar-refractivity contribution in [1.29, 1.82) is 0 Å². The average Bonchev–Trinajstić information content (AvgIpc) is 3.25. The predicted octanol–water partition coefficient (Wildman–Crippen LogP) is 5.41. The van der Waals surface area contributed by atoms with Crippen molar-refractivity contribution in [3.63, 3.8) is 0 Å². The molecule has 0 aliphatic carbocycles. The molecule has 0 aliphatic rings. The zero-order valence-electron chi connectivity index (χ0n) is 17.5. The molecular weight excluding hydrogens is 465 g/mol. The Morgan fingerprint density at radius 3 is 2.42 bits per heavy atom. The molecule has 0 fully saturated rings. The molecule has 7 nitrogen and oxygen atoms in total. The average molecular weight is 484 g/mol. The van der Waals surface area contributed by atoms with Crippen molar-refractivity contribution in [3.05, 3.63) is 104 Å². The largest absolute Gasteiger partial charge is 0.489 e. The summed E-state index contributed by atoms with van der Waals surface area (Å²) in [5.41, 5.74) is 2.70. The minimum atomic E-state index is -0.618. The molecule has 1 atom stereocenters. The molecule has 1 heterocycles. The number of nitrogens with zero attached hydrogens (tertiary/aromatic N) is 1. The van der Waals surface area contributed by atoms with Gasteiger partial charge in [-0.25, -0.2) is 4.79 Å². The summed E-state index contributed by atoms with van der Waals surface area (Å²) >= 11 is 12.1. The van der Waals surface area contributed by atoms with Crippen LogP contribution in [0.5, 0.6) is 5.75 Å². The van der Waals surface area contributed by atoms with Gasteiger partial charge < -0.3 is 10.1 Å². The number of aromatic amines is 1. The molecule has 0 radical (unpaired) electrons. The molecule has 9 heteroatoms. The molecular formula is C24H19Cl2N3O4. The Bertz CT molecular complexity index is 1310. The summed E-state index contributed by atoms with van der Waals surface area (Å²) in [6, 6.07) is 19.1. The van der Waals surface area contributed by atoms with Gasteiger partial charge in [-0.1, -0.05) is 58.7 Å². The number of rotatable bonds is 7. The number of aromatic nitrogens is 2. The lowest BCUT2D eigenvalue weighted by Crippen LogP contribution is -2.27. The van der Waals surface area contributed by atoms with Gasteiger partial charge in [-0.15, -0.1) is 0 Å². The normalized spacial score (nSPS) is 11.7. The van der Waals surface area contributed by atoms with E-state index in [1.54, 1.807) is 54.6 Å². The van der Waals surface area contributed by atoms with Gasteiger partial charge in [0.1, 0.15) is 12.4 Å². The van der Waals surface area contributed by atoms with Crippen molar-refractivity contribution < 1.29 is 14.1 Å². The molecule has 0 aliphatic heterocycles. The molecule has 0 bridgehead atoms. The summed E-state index contributed by atoms with van der Waals surface area (Å²) in [4.78, 5) is 26.7. The topological polar surface area (TPSA) is 97.2 Å². The van der Waals surface area contributed by atoms with Crippen LogP contribution < -0.4 is 15.8 Å². The van der Waals surface area contributed by atoms with Gasteiger partial charge in [0, 0.05) is 26.7 Å². The number of carbonyl (C=O) groups is 1. The molecule has 1 aromatic heterocycles. The summed E-state index contributed by atoms with van der Waals surface area (Å²) in [6.45, 7) is 2.07. The van der Waals surface area contributed by atoms with E-state index in [-0.39, 0.29) is 18.6 Å². The number of carbonyl (C=O) groups excluding carboxylic acids is 1. The van der Waals surface area contributed by atoms with Crippen LogP contribution in [-0.4, -0.2) is 16.0 Å². The van der Waals surface area contributed by atoms with E-state index in [1.165, 1.54) is 0 Å². The molecule has 0 unspecified atom stereocenters. The number of hydrogen-bond acceptors (Lipinski definition) is 5. The second-order valence-corrected chi connectivity index (χ2v) is 8.18. The number of benzene rings is 3. The molecule has 3 aromatic carbocycles. The zero-order valence-corrected chi connectivity index (χ0v) is 19.0. The molecule has 0 saturated heterocycles. The van der Waals surface area contributed by atoms with Gasteiger partial charge in [0.2, 0.25) is 0 Å². The quantitative estimate of drug-likeness (QED) is 0.366. The summed E-state index contributed by atoms with van der Waals surface area (Å²) in [6.07, 6.45) is 0. The Morgan fingerprint density at radius 2 is 1.76 bits per heavy atom. The van der Waals surface area contributed by atoms with Gasteiger partial charge in [-0.05, 0) is 48.9 Å². The van der Waals surface area contributed by atoms with Crippen LogP contribution in [0.3, 0.4) is 0 Å². The number of hydrogen-bond donors (Lipinski definition) is 2. The van der Waals surface area contributed by atoms with Crippen LogP contribution in [0.15, 0.2) is 76.0 Å². The molecule has 4 rings (SSSR count). The van der Waals surface area contributed by atoms with Crippen molar-refractivity contribution in [2.75, 3.05) is 0 Å². The van der Waals surface area contributed by atoms with Crippen LogP contribution in [0.4, 0.5) is 0 Å². The number of amides is 1. The van der Waals surface area contributed by atoms with Crippen LogP contribution in [0, 0.1) is 0 Å². The second kappa shape index (κ2) is 9.94. The standard InChI is InChI=1S/C24H19Cl2N3O4/c1-14(15-2-4-16(5-3-15)22-28-24(31)33-29-22)27-23(30)21-12-19(26)7-6-17(21)13-32-20-10-8-18(25)9-11-20/h2-12,14H,13H2,1H3,(H,27,30)(H,28,29,31)/t14-/m0/s1. The lowest BCUT2D eigenvalue weighted by molar-refractivity contribution is 0.0937. The second-order valence-electron chi connectivity index (χ2n) is 7.30. The van der Waals surface area contributed by atoms with E-state index in [0.717, 1.165) is 5.56 Å². The monoisotopic (exact) mass is 483 g/mol. The summed E-state index contributed by atoms with van der Waals surface area (Å²) < 4.78 is 10.3. The highest BCUT2D eigenvalue weighted by Crippen LogP contribution is 2.23. The van der Waals surface area contributed by atoms with Crippen molar-refractivity contribution in [1.82, 2.24) is 15.5 Å². The van der Waals surface area contributed by atoms with Gasteiger partial charge >= 0.3 is 5.76 Å². The number of ether oxygens (including phenoxy) is 1. The molecule has 168 valence electrons. The Kier molecular flexibility index (Phi) is 6.82. The molecule has 1 amide bonds. The van der Waals surface area contributed by atoms with Gasteiger partial charge in [0.05, 0.1) is 6.04 Å². The van der Waals surface area contributed by atoms with E-state index in [9.17, 15) is 9.59 Å². The maximum absolute atomic E-state index is 13.0. The first kappa shape index (κ1) is 22.6. The third-order valence-corrected chi connectivity index (χ3v) is 5.48. The van der Waals surface area contributed by atoms with Crippen LogP contribution in [-0.2, 0) is 6.61 Å². The first-order valence-corrected chi connectivity index (χ1v) is 10.8. The smallest absolute Gasteiger partial charge is 0.439 e. The number of H-pyrrole nitrogens is 1. The van der Waals surface area contributed by atoms with Crippen molar-refractivity contribution in [2.24, 2.45) is 0 Å². The maximum Gasteiger partial charge on any atom is 0.439 e. The van der Waals surface area contributed by atoms with Gasteiger partial charge in [-0.2, -0.15) is 0 Å². The van der Waals surface area contributed by atoms with E-state index in [2.05, 4.69) is 20.0 Å². The third kappa shape index (κ3) is 5.63. The Balaban J connectivity index is 1.46. The van der Waals surface area contributed by atoms with Crippen LogP contribution >= 0.6 is 23.2 Å². The van der Waals surface area contributed by atoms with E-state index < -0.39 is 5.76 Å². The zero-order chi connectivity index (χ0) is 23.4. The lowest BCUT2D eigenvalue weighted by atomic mass is 10.0. The molecule has 0 spiro atoms. The third-order valence-electron chi connectivity index (χ3n) is 5.00. The molecule has 2 N–H and O–H groups in total. The van der Waals surface area contributed by atoms with Crippen LogP contribution in [0.2, 0.25) is 10.0 Å². The predicted molar refractivity (Wildman–Crippen MR) is 126 cm³/mol. The highest BCUT2D eigenvalue weighted by atomic mass is 35.5. The van der Waals surface area contributed by atoms with E-state index >= 15 is 0 Å². The Hall–Kier alpha value is -3.55. The maximum atomic E-state index is 13.0. The van der Waals surface area contributed by atoms with Gasteiger partial charge in [0.15, 0.2) is 5.82 Å². The summed E-state index contributed by atoms with van der Waals surface area (Å²) in [7, 11) is 0. The number of nitrogens with one attached hydrogen (secondary N) is 2. The number of halogens is 2. The van der Waals surface area contributed by atoms with Gasteiger partial charge in [-0.3, -0.25) is 14.3 Å². The highest BCUT2D eigenvalue weighted by molar-refractivity contribution is 6.31. The first-order valence-electron chi connectivity index (χ1n) is 10.0. The molecule has 33 heavy (non-hydrogen) atoms. The fraction of sp³-hybridized carbons (Fsp3) is 0.125. The molecule has 4 aromatic rings. The Labute approximate surface area is 199 Å². The van der Waals surface area contributed by atoms with Crippen molar-refractivity contribution in [2.45, 2.75) is 19.6 Å². The highest BCUT2D eigenvalue weighted by Gasteiger charge is 2.16.